The molecule has 0 fully saturated rings. The Kier molecular flexibility index (Phi) is 3.04. The summed E-state index contributed by atoms with van der Waals surface area (Å²) >= 11 is 11.3. The molecule has 0 aliphatic carbocycles. The molecule has 0 spiro atoms. The molecule has 1 heterocycles. The van der Waals surface area contributed by atoms with Gasteiger partial charge in [-0.05, 0) is 23.7 Å². The third-order valence-electron chi connectivity index (χ3n) is 2.06. The van der Waals surface area contributed by atoms with Gasteiger partial charge in [-0.15, -0.1) is 0 Å². The minimum absolute atomic E-state index is 0.0254. The van der Waals surface area contributed by atoms with Gasteiger partial charge < -0.3 is 9.63 Å². The molecule has 0 unspecified atom stereocenters. The summed E-state index contributed by atoms with van der Waals surface area (Å²) < 4.78 is 18.1. The highest BCUT2D eigenvalue weighted by molar-refractivity contribution is 6.34. The zero-order chi connectivity index (χ0) is 12.6. The summed E-state index contributed by atoms with van der Waals surface area (Å²) in [6.07, 6.45) is 0. The van der Waals surface area contributed by atoms with Gasteiger partial charge >= 0.3 is 5.97 Å². The van der Waals surface area contributed by atoms with Gasteiger partial charge in [-0.2, -0.15) is 0 Å². The molecule has 0 aliphatic rings. The minimum atomic E-state index is -1.37. The lowest BCUT2D eigenvalue weighted by Crippen LogP contribution is -1.99. The number of nitrogens with zero attached hydrogens (tertiary/aromatic N) is 1. The van der Waals surface area contributed by atoms with Crippen molar-refractivity contribution in [3.8, 4) is 11.3 Å². The average molecular weight is 276 g/mol. The second-order valence-electron chi connectivity index (χ2n) is 3.08. The van der Waals surface area contributed by atoms with E-state index in [9.17, 15) is 9.18 Å². The molecule has 88 valence electrons. The summed E-state index contributed by atoms with van der Waals surface area (Å²) in [7, 11) is 0. The highest BCUT2D eigenvalue weighted by Crippen LogP contribution is 2.34. The number of benzene rings is 1. The smallest absolute Gasteiger partial charge is 0.342 e. The molecule has 1 N–H and O–H groups in total. The molecule has 0 saturated carbocycles. The zero-order valence-electron chi connectivity index (χ0n) is 8.08. The second-order valence-corrected chi connectivity index (χ2v) is 3.83. The first-order chi connectivity index (χ1) is 8.02. The normalized spacial score (nSPS) is 10.5. The summed E-state index contributed by atoms with van der Waals surface area (Å²) in [6, 6.07) is 3.94. The van der Waals surface area contributed by atoms with E-state index in [4.69, 9.17) is 28.3 Å². The van der Waals surface area contributed by atoms with Crippen molar-refractivity contribution in [3.63, 3.8) is 0 Å². The van der Waals surface area contributed by atoms with Crippen molar-refractivity contribution in [1.82, 2.24) is 5.16 Å². The molecule has 0 radical (unpaired) electrons. The number of carboxylic acid groups (broad SMARTS) is 1. The maximum atomic E-state index is 13.6. The summed E-state index contributed by atoms with van der Waals surface area (Å²) in [4.78, 5) is 10.9. The fourth-order valence-electron chi connectivity index (χ4n) is 1.35. The highest BCUT2D eigenvalue weighted by atomic mass is 35.5. The molecule has 2 aromatic rings. The molecule has 0 bridgehead atoms. The lowest BCUT2D eigenvalue weighted by Gasteiger charge is -2.02. The first kappa shape index (κ1) is 11.9. The van der Waals surface area contributed by atoms with E-state index in [2.05, 4.69) is 9.68 Å². The van der Waals surface area contributed by atoms with Crippen molar-refractivity contribution in [3.05, 3.63) is 39.8 Å². The largest absolute Gasteiger partial charge is 0.477 e. The van der Waals surface area contributed by atoms with Gasteiger partial charge in [0.25, 0.3) is 0 Å². The fraction of sp³-hybridized carbons (Fsp3) is 0. The molecular weight excluding hydrogens is 272 g/mol. The van der Waals surface area contributed by atoms with E-state index in [-0.39, 0.29) is 16.3 Å². The number of hydrogen-bond acceptors (Lipinski definition) is 3. The molecule has 0 atom stereocenters. The van der Waals surface area contributed by atoms with Gasteiger partial charge in [0.1, 0.15) is 17.1 Å². The van der Waals surface area contributed by atoms with Gasteiger partial charge in [-0.25, -0.2) is 9.18 Å². The van der Waals surface area contributed by atoms with Crippen LogP contribution in [-0.2, 0) is 0 Å². The van der Waals surface area contributed by atoms with Crippen molar-refractivity contribution >= 4 is 29.2 Å². The van der Waals surface area contributed by atoms with E-state index in [1.54, 1.807) is 0 Å². The van der Waals surface area contributed by atoms with Crippen LogP contribution in [0.5, 0.6) is 0 Å². The van der Waals surface area contributed by atoms with Crippen molar-refractivity contribution < 1.29 is 18.8 Å². The molecule has 0 amide bonds. The minimum Gasteiger partial charge on any atom is -0.477 e. The molecular formula is C10H4Cl2FNO3. The Hall–Kier alpha value is -1.59. The molecule has 0 saturated heterocycles. The molecule has 0 aliphatic heterocycles. The zero-order valence-corrected chi connectivity index (χ0v) is 9.59. The van der Waals surface area contributed by atoms with Crippen molar-refractivity contribution in [1.29, 1.82) is 0 Å². The van der Waals surface area contributed by atoms with E-state index in [1.807, 2.05) is 0 Å². The van der Waals surface area contributed by atoms with Crippen LogP contribution in [0, 0.1) is 5.82 Å². The average Bonchev–Trinajstić information content (AvgIpc) is 2.60. The van der Waals surface area contributed by atoms with E-state index in [0.717, 1.165) is 6.07 Å². The summed E-state index contributed by atoms with van der Waals surface area (Å²) in [5.41, 5.74) is -0.800. The van der Waals surface area contributed by atoms with Crippen LogP contribution >= 0.6 is 23.2 Å². The number of aromatic carboxylic acids is 1. The van der Waals surface area contributed by atoms with Crippen LogP contribution in [0.3, 0.4) is 0 Å². The number of rotatable bonds is 2. The molecule has 4 nitrogen and oxygen atoms in total. The van der Waals surface area contributed by atoms with E-state index >= 15 is 0 Å². The summed E-state index contributed by atoms with van der Waals surface area (Å²) in [6.45, 7) is 0. The first-order valence-electron chi connectivity index (χ1n) is 4.35. The standard InChI is InChI=1S/C10H4Cl2FNO3/c11-4-2-1-3-5(13)6(4)8-7(10(15)16)9(12)17-14-8/h1-3H,(H,15,16). The van der Waals surface area contributed by atoms with E-state index in [0.29, 0.717) is 0 Å². The van der Waals surface area contributed by atoms with Crippen LogP contribution in [0.4, 0.5) is 4.39 Å². The lowest BCUT2D eigenvalue weighted by molar-refractivity contribution is 0.0697. The molecule has 7 heteroatoms. The topological polar surface area (TPSA) is 63.3 Å². The Balaban J connectivity index is 2.73. The van der Waals surface area contributed by atoms with Crippen LogP contribution in [0.15, 0.2) is 22.7 Å². The molecule has 1 aromatic carbocycles. The molecule has 1 aromatic heterocycles. The highest BCUT2D eigenvalue weighted by Gasteiger charge is 2.25. The number of halogens is 3. The number of hydrogen-bond donors (Lipinski definition) is 1. The van der Waals surface area contributed by atoms with Crippen LogP contribution < -0.4 is 0 Å². The van der Waals surface area contributed by atoms with Gasteiger partial charge in [0.15, 0.2) is 0 Å². The van der Waals surface area contributed by atoms with Crippen LogP contribution in [0.2, 0.25) is 10.2 Å². The third-order valence-corrected chi connectivity index (χ3v) is 2.64. The summed E-state index contributed by atoms with van der Waals surface area (Å²) in [5.74, 6) is -2.07. The predicted octanol–water partition coefficient (Wildman–Crippen LogP) is 3.49. The predicted molar refractivity (Wildman–Crippen MR) is 58.9 cm³/mol. The first-order valence-corrected chi connectivity index (χ1v) is 5.10. The maximum absolute atomic E-state index is 13.6. The summed E-state index contributed by atoms with van der Waals surface area (Å²) in [5, 5.41) is 11.9. The van der Waals surface area contributed by atoms with E-state index < -0.39 is 22.6 Å². The quantitative estimate of drug-likeness (QED) is 0.911. The van der Waals surface area contributed by atoms with Gasteiger partial charge in [-0.3, -0.25) is 0 Å². The number of aromatic nitrogens is 1. The molecule has 17 heavy (non-hydrogen) atoms. The monoisotopic (exact) mass is 275 g/mol. The molecule has 2 rings (SSSR count). The van der Waals surface area contributed by atoms with Gasteiger partial charge in [0.2, 0.25) is 5.22 Å². The Morgan fingerprint density at radius 2 is 2.12 bits per heavy atom. The van der Waals surface area contributed by atoms with Crippen molar-refractivity contribution in [2.45, 2.75) is 0 Å². The Morgan fingerprint density at radius 3 is 2.71 bits per heavy atom. The van der Waals surface area contributed by atoms with Gasteiger partial charge in [-0.1, -0.05) is 22.8 Å². The van der Waals surface area contributed by atoms with E-state index in [1.165, 1.54) is 12.1 Å². The fourth-order valence-corrected chi connectivity index (χ4v) is 1.81. The van der Waals surface area contributed by atoms with Gasteiger partial charge in [0, 0.05) is 0 Å². The van der Waals surface area contributed by atoms with Crippen molar-refractivity contribution in [2.24, 2.45) is 0 Å². The third kappa shape index (κ3) is 1.99. The van der Waals surface area contributed by atoms with Crippen LogP contribution in [-0.4, -0.2) is 16.2 Å². The van der Waals surface area contributed by atoms with Gasteiger partial charge in [0.05, 0.1) is 10.6 Å². The van der Waals surface area contributed by atoms with Crippen LogP contribution in [0.1, 0.15) is 10.4 Å². The number of carbonyl (C=O) groups is 1. The van der Waals surface area contributed by atoms with Crippen LogP contribution in [0.25, 0.3) is 11.3 Å². The Bertz CT molecular complexity index is 577. The SMILES string of the molecule is O=C(O)c1c(-c2c(F)cccc2Cl)noc1Cl. The Labute approximate surface area is 105 Å². The Morgan fingerprint density at radius 1 is 1.41 bits per heavy atom. The lowest BCUT2D eigenvalue weighted by atomic mass is 10.1. The number of carboxylic acids is 1. The second kappa shape index (κ2) is 4.35. The maximum Gasteiger partial charge on any atom is 0.342 e. The van der Waals surface area contributed by atoms with Crippen molar-refractivity contribution in [2.75, 3.05) is 0 Å².